The van der Waals surface area contributed by atoms with Crippen molar-refractivity contribution in [2.75, 3.05) is 27.5 Å². The lowest BCUT2D eigenvalue weighted by molar-refractivity contribution is -0.115. The summed E-state index contributed by atoms with van der Waals surface area (Å²) in [6, 6.07) is 19.3. The first-order valence-electron chi connectivity index (χ1n) is 9.68. The minimum absolute atomic E-state index is 0.119. The molecule has 2 amide bonds. The van der Waals surface area contributed by atoms with Crippen LogP contribution >= 0.6 is 23.4 Å². The molecule has 0 bridgehead atoms. The molecule has 3 aromatic rings. The molecule has 3 N–H and O–H groups in total. The predicted molar refractivity (Wildman–Crippen MR) is 128 cm³/mol. The van der Waals surface area contributed by atoms with Crippen LogP contribution in [0.2, 0.25) is 5.02 Å². The fraction of sp³-hybridized carbons (Fsp3) is 0.130. The van der Waals surface area contributed by atoms with Gasteiger partial charge >= 0.3 is 0 Å². The molecule has 158 valence electrons. The molecular weight excluding hydrogens is 432 g/mol. The van der Waals surface area contributed by atoms with E-state index in [1.807, 2.05) is 60.7 Å². The van der Waals surface area contributed by atoms with Gasteiger partial charge in [-0.3, -0.25) is 9.59 Å². The van der Waals surface area contributed by atoms with Crippen molar-refractivity contribution >= 4 is 63.6 Å². The Morgan fingerprint density at radius 2 is 1.42 bits per heavy atom. The molecule has 0 saturated carbocycles. The number of fused-ring (bicyclic) bond motifs is 2. The second-order valence-electron chi connectivity index (χ2n) is 7.07. The van der Waals surface area contributed by atoms with Gasteiger partial charge in [0, 0.05) is 35.0 Å². The van der Waals surface area contributed by atoms with Crippen LogP contribution in [0.4, 0.5) is 28.4 Å². The van der Waals surface area contributed by atoms with Crippen LogP contribution in [-0.2, 0) is 9.59 Å². The van der Waals surface area contributed by atoms with Crippen molar-refractivity contribution in [2.24, 2.45) is 0 Å². The molecule has 1 aliphatic heterocycles. The van der Waals surface area contributed by atoms with E-state index in [1.54, 1.807) is 11.8 Å². The van der Waals surface area contributed by atoms with Gasteiger partial charge in [-0.05, 0) is 48.5 Å². The van der Waals surface area contributed by atoms with Crippen molar-refractivity contribution in [1.29, 1.82) is 0 Å². The van der Waals surface area contributed by atoms with Gasteiger partial charge in [-0.25, -0.2) is 0 Å². The number of nitrogens with one attached hydrogen (secondary N) is 3. The molecule has 1 aliphatic rings. The number of rotatable bonds is 5. The summed E-state index contributed by atoms with van der Waals surface area (Å²) in [7, 11) is 0. The molecule has 31 heavy (non-hydrogen) atoms. The van der Waals surface area contributed by atoms with Gasteiger partial charge in [0.05, 0.1) is 28.8 Å². The third-order valence-electron chi connectivity index (χ3n) is 4.66. The number of para-hydroxylation sites is 1. The maximum atomic E-state index is 11.5. The zero-order valence-electron chi connectivity index (χ0n) is 17.0. The highest BCUT2D eigenvalue weighted by atomic mass is 35.5. The monoisotopic (exact) mass is 452 g/mol. The van der Waals surface area contributed by atoms with Crippen LogP contribution in [0.3, 0.4) is 0 Å². The standard InChI is InChI=1S/C23H21ClN4O2S/c1-14(29)26-16-7-9-20-22(11-16)31-23-12-17(27-15(2)30)8-10-21(23)28(20)13-25-19-6-4-3-5-18(19)24/h3-12,25H,13H2,1-2H3,(H,26,29)(H,27,30). The minimum Gasteiger partial charge on any atom is -0.366 e. The number of carbonyl (C=O) groups excluding carboxylic acids is 2. The van der Waals surface area contributed by atoms with E-state index in [4.69, 9.17) is 11.6 Å². The summed E-state index contributed by atoms with van der Waals surface area (Å²) < 4.78 is 0. The van der Waals surface area contributed by atoms with Crippen molar-refractivity contribution in [3.05, 3.63) is 65.7 Å². The number of nitrogens with zero attached hydrogens (tertiary/aromatic N) is 1. The Morgan fingerprint density at radius 3 is 1.94 bits per heavy atom. The molecule has 0 radical (unpaired) electrons. The Balaban J connectivity index is 1.71. The third-order valence-corrected chi connectivity index (χ3v) is 6.09. The molecule has 1 heterocycles. The first-order chi connectivity index (χ1) is 14.9. The number of hydrogen-bond donors (Lipinski definition) is 3. The first-order valence-corrected chi connectivity index (χ1v) is 10.9. The van der Waals surface area contributed by atoms with Crippen LogP contribution in [-0.4, -0.2) is 18.5 Å². The van der Waals surface area contributed by atoms with Gasteiger partial charge < -0.3 is 20.9 Å². The summed E-state index contributed by atoms with van der Waals surface area (Å²) in [4.78, 5) is 27.1. The van der Waals surface area contributed by atoms with Crippen molar-refractivity contribution in [3.8, 4) is 0 Å². The Morgan fingerprint density at radius 1 is 0.871 bits per heavy atom. The summed E-state index contributed by atoms with van der Waals surface area (Å²) in [6.45, 7) is 3.46. The van der Waals surface area contributed by atoms with Crippen molar-refractivity contribution in [2.45, 2.75) is 23.6 Å². The molecule has 0 unspecified atom stereocenters. The second-order valence-corrected chi connectivity index (χ2v) is 8.56. The summed E-state index contributed by atoms with van der Waals surface area (Å²) in [5.74, 6) is -0.238. The van der Waals surface area contributed by atoms with E-state index in [2.05, 4.69) is 20.9 Å². The van der Waals surface area contributed by atoms with Crippen LogP contribution in [0.15, 0.2) is 70.5 Å². The molecule has 0 fully saturated rings. The molecule has 8 heteroatoms. The molecule has 0 spiro atoms. The molecule has 0 atom stereocenters. The Hall–Kier alpha value is -3.16. The quantitative estimate of drug-likeness (QED) is 0.447. The van der Waals surface area contributed by atoms with E-state index in [0.717, 1.165) is 38.2 Å². The van der Waals surface area contributed by atoms with E-state index in [9.17, 15) is 9.59 Å². The van der Waals surface area contributed by atoms with Gasteiger partial charge in [0.2, 0.25) is 11.8 Å². The van der Waals surface area contributed by atoms with E-state index in [0.29, 0.717) is 11.7 Å². The van der Waals surface area contributed by atoms with Crippen LogP contribution < -0.4 is 20.9 Å². The summed E-state index contributed by atoms with van der Waals surface area (Å²) in [5, 5.41) is 9.72. The average Bonchev–Trinajstić information content (AvgIpc) is 2.71. The van der Waals surface area contributed by atoms with Crippen LogP contribution in [0, 0.1) is 0 Å². The van der Waals surface area contributed by atoms with Crippen LogP contribution in [0.1, 0.15) is 13.8 Å². The van der Waals surface area contributed by atoms with Crippen LogP contribution in [0.5, 0.6) is 0 Å². The van der Waals surface area contributed by atoms with Crippen molar-refractivity contribution in [3.63, 3.8) is 0 Å². The van der Waals surface area contributed by atoms with Gasteiger partial charge in [-0.2, -0.15) is 0 Å². The molecule has 4 rings (SSSR count). The third kappa shape index (κ3) is 4.78. The Labute approximate surface area is 190 Å². The molecule has 6 nitrogen and oxygen atoms in total. The van der Waals surface area contributed by atoms with E-state index >= 15 is 0 Å². The summed E-state index contributed by atoms with van der Waals surface area (Å²) in [6.07, 6.45) is 0. The molecular formula is C23H21ClN4O2S. The summed E-state index contributed by atoms with van der Waals surface area (Å²) in [5.41, 5.74) is 4.34. The number of carbonyl (C=O) groups is 2. The van der Waals surface area contributed by atoms with Gasteiger partial charge in [-0.1, -0.05) is 35.5 Å². The van der Waals surface area contributed by atoms with Crippen molar-refractivity contribution < 1.29 is 9.59 Å². The molecule has 0 saturated heterocycles. The molecule has 0 aliphatic carbocycles. The van der Waals surface area contributed by atoms with Gasteiger partial charge in [0.25, 0.3) is 0 Å². The molecule has 3 aromatic carbocycles. The second kappa shape index (κ2) is 8.91. The minimum atomic E-state index is -0.119. The largest absolute Gasteiger partial charge is 0.366 e. The lowest BCUT2D eigenvalue weighted by Gasteiger charge is -2.33. The van der Waals surface area contributed by atoms with Crippen LogP contribution in [0.25, 0.3) is 0 Å². The Kier molecular flexibility index (Phi) is 6.06. The van der Waals surface area contributed by atoms with E-state index in [-0.39, 0.29) is 11.8 Å². The van der Waals surface area contributed by atoms with E-state index in [1.165, 1.54) is 13.8 Å². The average molecular weight is 453 g/mol. The number of hydrogen-bond acceptors (Lipinski definition) is 5. The lowest BCUT2D eigenvalue weighted by Crippen LogP contribution is -2.27. The predicted octanol–water partition coefficient (Wildman–Crippen LogP) is 5.93. The van der Waals surface area contributed by atoms with Gasteiger partial charge in [0.1, 0.15) is 0 Å². The number of benzene rings is 3. The van der Waals surface area contributed by atoms with Gasteiger partial charge in [-0.15, -0.1) is 0 Å². The fourth-order valence-electron chi connectivity index (χ4n) is 3.39. The smallest absolute Gasteiger partial charge is 0.221 e. The van der Waals surface area contributed by atoms with Crippen molar-refractivity contribution in [1.82, 2.24) is 0 Å². The number of anilines is 5. The SMILES string of the molecule is CC(=O)Nc1ccc2c(c1)Sc1cc(NC(C)=O)ccc1N2CNc1ccccc1Cl. The number of amides is 2. The highest BCUT2D eigenvalue weighted by Crippen LogP contribution is 2.49. The maximum absolute atomic E-state index is 11.5. The topological polar surface area (TPSA) is 73.5 Å². The zero-order valence-corrected chi connectivity index (χ0v) is 18.6. The fourth-order valence-corrected chi connectivity index (χ4v) is 4.76. The van der Waals surface area contributed by atoms with E-state index < -0.39 is 0 Å². The Bertz CT molecular complexity index is 1100. The highest BCUT2D eigenvalue weighted by Gasteiger charge is 2.24. The first kappa shape index (κ1) is 21.1. The van der Waals surface area contributed by atoms with Gasteiger partial charge in [0.15, 0.2) is 0 Å². The zero-order chi connectivity index (χ0) is 22.0. The highest BCUT2D eigenvalue weighted by molar-refractivity contribution is 7.99. The summed E-state index contributed by atoms with van der Waals surface area (Å²) >= 11 is 7.91. The number of halogens is 1. The normalized spacial score (nSPS) is 11.9. The maximum Gasteiger partial charge on any atom is 0.221 e. The molecule has 0 aromatic heterocycles. The lowest BCUT2D eigenvalue weighted by atomic mass is 10.2.